The molecule has 1 saturated heterocycles. The van der Waals surface area contributed by atoms with Crippen molar-refractivity contribution in [3.05, 3.63) is 33.8 Å². The standard InChI is InChI=1S/C14H11Cl2F6NO/c15-9-2-1-3-10(16)11(9)12(24)23-5-7(13(17,18)19)4-8(6-23)14(20,21)22/h1-3,7-8H,4-6H2/t7-,8+. The molecule has 2 atom stereocenters. The summed E-state index contributed by atoms with van der Waals surface area (Å²) in [6.45, 7) is -1.73. The second-order valence-electron chi connectivity index (χ2n) is 5.52. The Morgan fingerprint density at radius 3 is 1.75 bits per heavy atom. The minimum atomic E-state index is -4.84. The summed E-state index contributed by atoms with van der Waals surface area (Å²) in [5.41, 5.74) is -0.301. The first-order valence-corrected chi connectivity index (χ1v) is 7.53. The average Bonchev–Trinajstić information content (AvgIpc) is 2.44. The number of hydrogen-bond acceptors (Lipinski definition) is 1. The smallest absolute Gasteiger partial charge is 0.337 e. The number of halogens is 8. The Hall–Kier alpha value is -1.15. The first-order chi connectivity index (χ1) is 10.9. The highest BCUT2D eigenvalue weighted by molar-refractivity contribution is 6.39. The third-order valence-corrected chi connectivity index (χ3v) is 4.47. The minimum absolute atomic E-state index is 0.134. The van der Waals surface area contributed by atoms with Crippen molar-refractivity contribution in [1.82, 2.24) is 4.90 Å². The summed E-state index contributed by atoms with van der Waals surface area (Å²) in [6, 6.07) is 3.98. The molecule has 134 valence electrons. The average molecular weight is 394 g/mol. The first kappa shape index (κ1) is 19.2. The molecule has 1 fully saturated rings. The highest BCUT2D eigenvalue weighted by atomic mass is 35.5. The fraction of sp³-hybridized carbons (Fsp3) is 0.500. The van der Waals surface area contributed by atoms with Gasteiger partial charge in [-0.15, -0.1) is 0 Å². The quantitative estimate of drug-likeness (QED) is 0.600. The third kappa shape index (κ3) is 4.08. The lowest BCUT2D eigenvalue weighted by Gasteiger charge is -2.39. The van der Waals surface area contributed by atoms with Crippen LogP contribution in [0.4, 0.5) is 26.3 Å². The molecule has 0 spiro atoms. The lowest BCUT2D eigenvalue weighted by Crippen LogP contribution is -2.51. The van der Waals surface area contributed by atoms with Gasteiger partial charge in [-0.2, -0.15) is 26.3 Å². The number of alkyl halides is 6. The molecule has 2 rings (SSSR count). The molecule has 0 N–H and O–H groups in total. The van der Waals surface area contributed by atoms with Crippen LogP contribution >= 0.6 is 23.2 Å². The Balaban J connectivity index is 2.35. The lowest BCUT2D eigenvalue weighted by molar-refractivity contribution is -0.226. The largest absolute Gasteiger partial charge is 0.393 e. The lowest BCUT2D eigenvalue weighted by atomic mass is 9.88. The summed E-state index contributed by atoms with van der Waals surface area (Å²) in [7, 11) is 0. The zero-order valence-electron chi connectivity index (χ0n) is 11.9. The number of amides is 1. The summed E-state index contributed by atoms with van der Waals surface area (Å²) in [5.74, 6) is -5.57. The highest BCUT2D eigenvalue weighted by Gasteiger charge is 2.52. The van der Waals surface area contributed by atoms with Crippen molar-refractivity contribution < 1.29 is 31.1 Å². The number of carbonyl (C=O) groups is 1. The Bertz CT molecular complexity index is 588. The maximum Gasteiger partial charge on any atom is 0.393 e. The summed E-state index contributed by atoms with van der Waals surface area (Å²) >= 11 is 11.6. The van der Waals surface area contributed by atoms with Gasteiger partial charge in [-0.25, -0.2) is 0 Å². The molecule has 24 heavy (non-hydrogen) atoms. The molecule has 1 aliphatic rings. The number of rotatable bonds is 1. The Morgan fingerprint density at radius 1 is 0.958 bits per heavy atom. The molecular formula is C14H11Cl2F6NO. The molecule has 10 heteroatoms. The van der Waals surface area contributed by atoms with Crippen molar-refractivity contribution >= 4 is 29.1 Å². The van der Waals surface area contributed by atoms with Gasteiger partial charge >= 0.3 is 12.4 Å². The van der Waals surface area contributed by atoms with E-state index in [4.69, 9.17) is 23.2 Å². The van der Waals surface area contributed by atoms with Crippen LogP contribution in [0.1, 0.15) is 16.8 Å². The molecule has 1 aromatic carbocycles. The molecule has 1 amide bonds. The topological polar surface area (TPSA) is 20.3 Å². The van der Waals surface area contributed by atoms with E-state index in [9.17, 15) is 31.1 Å². The van der Waals surface area contributed by atoms with Gasteiger partial charge in [0.15, 0.2) is 0 Å². The van der Waals surface area contributed by atoms with E-state index in [-0.39, 0.29) is 15.6 Å². The van der Waals surface area contributed by atoms with Crippen LogP contribution < -0.4 is 0 Å². The molecule has 1 aliphatic heterocycles. The van der Waals surface area contributed by atoms with Crippen LogP contribution in [0.3, 0.4) is 0 Å². The van der Waals surface area contributed by atoms with E-state index < -0.39 is 49.6 Å². The molecule has 0 saturated carbocycles. The number of piperidine rings is 1. The first-order valence-electron chi connectivity index (χ1n) is 6.78. The van der Waals surface area contributed by atoms with Crippen molar-refractivity contribution in [3.8, 4) is 0 Å². The van der Waals surface area contributed by atoms with Crippen molar-refractivity contribution in [2.75, 3.05) is 13.1 Å². The van der Waals surface area contributed by atoms with Gasteiger partial charge in [0.1, 0.15) is 0 Å². The van der Waals surface area contributed by atoms with Gasteiger partial charge < -0.3 is 4.90 Å². The van der Waals surface area contributed by atoms with Crippen LogP contribution in [-0.4, -0.2) is 36.2 Å². The van der Waals surface area contributed by atoms with Crippen LogP contribution in [0.5, 0.6) is 0 Å². The molecule has 1 heterocycles. The maximum absolute atomic E-state index is 12.9. The maximum atomic E-state index is 12.9. The summed E-state index contributed by atoms with van der Waals surface area (Å²) in [6.07, 6.45) is -10.8. The Morgan fingerprint density at radius 2 is 1.38 bits per heavy atom. The van der Waals surface area contributed by atoms with Crippen molar-refractivity contribution in [2.24, 2.45) is 11.8 Å². The van der Waals surface area contributed by atoms with E-state index in [1.807, 2.05) is 0 Å². The SMILES string of the molecule is O=C(c1c(Cl)cccc1Cl)N1C[C@H](C(F)(F)F)C[C@H](C(F)(F)F)C1. The molecule has 0 bridgehead atoms. The number of carbonyl (C=O) groups excluding carboxylic acids is 1. The summed E-state index contributed by atoms with van der Waals surface area (Å²) in [5, 5.41) is -0.268. The molecule has 0 aliphatic carbocycles. The van der Waals surface area contributed by atoms with E-state index in [1.54, 1.807) is 0 Å². The Labute approximate surface area is 143 Å². The van der Waals surface area contributed by atoms with E-state index >= 15 is 0 Å². The van der Waals surface area contributed by atoms with Gasteiger partial charge in [-0.1, -0.05) is 29.3 Å². The third-order valence-electron chi connectivity index (χ3n) is 3.84. The van der Waals surface area contributed by atoms with E-state index in [1.165, 1.54) is 18.2 Å². The second-order valence-corrected chi connectivity index (χ2v) is 6.33. The van der Waals surface area contributed by atoms with Gasteiger partial charge in [-0.3, -0.25) is 4.79 Å². The Kier molecular flexibility index (Phi) is 5.30. The number of likely N-dealkylation sites (tertiary alicyclic amines) is 1. The monoisotopic (exact) mass is 393 g/mol. The van der Waals surface area contributed by atoms with E-state index in [2.05, 4.69) is 0 Å². The fourth-order valence-electron chi connectivity index (χ4n) is 2.60. The van der Waals surface area contributed by atoms with E-state index in [0.29, 0.717) is 4.90 Å². The predicted molar refractivity (Wildman–Crippen MR) is 76.1 cm³/mol. The summed E-state index contributed by atoms with van der Waals surface area (Å²) in [4.78, 5) is 12.9. The van der Waals surface area contributed by atoms with Gasteiger partial charge in [0, 0.05) is 13.1 Å². The second kappa shape index (κ2) is 6.63. The molecular weight excluding hydrogens is 383 g/mol. The molecule has 0 unspecified atom stereocenters. The predicted octanol–water partition coefficient (Wildman–Crippen LogP) is 5.20. The molecule has 0 aromatic heterocycles. The molecule has 1 aromatic rings. The van der Waals surface area contributed by atoms with Gasteiger partial charge in [0.25, 0.3) is 5.91 Å². The van der Waals surface area contributed by atoms with Crippen LogP contribution in [0.25, 0.3) is 0 Å². The van der Waals surface area contributed by atoms with Crippen molar-refractivity contribution in [3.63, 3.8) is 0 Å². The molecule has 2 nitrogen and oxygen atoms in total. The fourth-order valence-corrected chi connectivity index (χ4v) is 3.16. The van der Waals surface area contributed by atoms with Crippen LogP contribution in [0.2, 0.25) is 10.0 Å². The van der Waals surface area contributed by atoms with Gasteiger partial charge in [0.05, 0.1) is 27.4 Å². The zero-order valence-corrected chi connectivity index (χ0v) is 13.4. The normalized spacial score (nSPS) is 22.6. The number of hydrogen-bond donors (Lipinski definition) is 0. The minimum Gasteiger partial charge on any atom is -0.337 e. The number of benzene rings is 1. The highest BCUT2D eigenvalue weighted by Crippen LogP contribution is 2.42. The van der Waals surface area contributed by atoms with Crippen LogP contribution in [0, 0.1) is 11.8 Å². The zero-order chi connectivity index (χ0) is 18.3. The summed E-state index contributed by atoms with van der Waals surface area (Å²) < 4.78 is 77.7. The van der Waals surface area contributed by atoms with Crippen molar-refractivity contribution in [1.29, 1.82) is 0 Å². The number of nitrogens with zero attached hydrogens (tertiary/aromatic N) is 1. The van der Waals surface area contributed by atoms with Gasteiger partial charge in [-0.05, 0) is 18.6 Å². The molecule has 0 radical (unpaired) electrons. The van der Waals surface area contributed by atoms with Crippen molar-refractivity contribution in [2.45, 2.75) is 18.8 Å². The van der Waals surface area contributed by atoms with Gasteiger partial charge in [0.2, 0.25) is 0 Å². The van der Waals surface area contributed by atoms with E-state index in [0.717, 1.165) is 0 Å². The van der Waals surface area contributed by atoms with Crippen LogP contribution in [-0.2, 0) is 0 Å². The van der Waals surface area contributed by atoms with Crippen LogP contribution in [0.15, 0.2) is 18.2 Å².